The lowest BCUT2D eigenvalue weighted by Crippen LogP contribution is -2.43. The number of rotatable bonds is 1. The third-order valence-corrected chi connectivity index (χ3v) is 3.32. The molecule has 0 radical (unpaired) electrons. The molecule has 1 heterocycles. The second-order valence-electron chi connectivity index (χ2n) is 3.97. The molecule has 0 aliphatic carbocycles. The maximum atomic E-state index is 13.2. The van der Waals surface area contributed by atoms with Crippen LogP contribution in [0.4, 0.5) is 13.2 Å². The van der Waals surface area contributed by atoms with Crippen molar-refractivity contribution >= 4 is 29.4 Å². The van der Waals surface area contributed by atoms with Crippen LogP contribution in [0.1, 0.15) is 12.0 Å². The number of nitrogens with zero attached hydrogens (tertiary/aromatic N) is 1. The molecule has 17 heavy (non-hydrogen) atoms. The molecule has 1 aromatic carbocycles. The van der Waals surface area contributed by atoms with E-state index in [0.717, 1.165) is 0 Å². The predicted octanol–water partition coefficient (Wildman–Crippen LogP) is 4.27. The van der Waals surface area contributed by atoms with Crippen LogP contribution in [0.15, 0.2) is 23.2 Å². The largest absolute Gasteiger partial charge is 0.400 e. The first-order valence-corrected chi connectivity index (χ1v) is 5.62. The number of benzene rings is 1. The van der Waals surface area contributed by atoms with E-state index in [9.17, 15) is 13.2 Å². The van der Waals surface area contributed by atoms with Gasteiger partial charge in [0, 0.05) is 22.7 Å². The van der Waals surface area contributed by atoms with Gasteiger partial charge < -0.3 is 0 Å². The first-order chi connectivity index (χ1) is 7.85. The van der Waals surface area contributed by atoms with Crippen molar-refractivity contribution in [1.82, 2.24) is 0 Å². The molecule has 1 aromatic rings. The van der Waals surface area contributed by atoms with E-state index >= 15 is 0 Å². The number of hydrogen-bond donors (Lipinski definition) is 0. The maximum absolute atomic E-state index is 13.2. The minimum absolute atomic E-state index is 0.0694. The highest BCUT2D eigenvalue weighted by molar-refractivity contribution is 6.34. The van der Waals surface area contributed by atoms with Crippen LogP contribution in [-0.2, 0) is 5.41 Å². The Bertz CT molecular complexity index is 440. The van der Waals surface area contributed by atoms with Crippen molar-refractivity contribution in [2.45, 2.75) is 18.0 Å². The van der Waals surface area contributed by atoms with E-state index in [1.807, 2.05) is 0 Å². The summed E-state index contributed by atoms with van der Waals surface area (Å²) >= 11 is 11.5. The van der Waals surface area contributed by atoms with Crippen molar-refractivity contribution in [3.8, 4) is 0 Å². The Balaban J connectivity index is 2.54. The molecule has 0 N–H and O–H groups in total. The molecular formula is C11H8Cl2F3N. The van der Waals surface area contributed by atoms with Gasteiger partial charge in [-0.3, -0.25) is 4.99 Å². The van der Waals surface area contributed by atoms with Gasteiger partial charge in [-0.15, -0.1) is 0 Å². The van der Waals surface area contributed by atoms with Gasteiger partial charge in [-0.25, -0.2) is 0 Å². The first-order valence-electron chi connectivity index (χ1n) is 4.87. The van der Waals surface area contributed by atoms with E-state index in [0.29, 0.717) is 0 Å². The van der Waals surface area contributed by atoms with Crippen LogP contribution >= 0.6 is 23.2 Å². The molecule has 0 saturated heterocycles. The second-order valence-corrected chi connectivity index (χ2v) is 4.84. The Kier molecular flexibility index (Phi) is 3.12. The van der Waals surface area contributed by atoms with Gasteiger partial charge >= 0.3 is 6.18 Å². The fraction of sp³-hybridized carbons (Fsp3) is 0.364. The summed E-state index contributed by atoms with van der Waals surface area (Å²) in [6.07, 6.45) is -3.26. The zero-order valence-electron chi connectivity index (χ0n) is 8.56. The second kappa shape index (κ2) is 4.18. The molecule has 1 aliphatic rings. The zero-order chi connectivity index (χ0) is 12.7. The number of aliphatic imine (C=N–C) groups is 1. The normalized spacial score (nSPS) is 24.3. The Hall–Kier alpha value is -0.740. The van der Waals surface area contributed by atoms with Gasteiger partial charge in [-0.05, 0) is 23.8 Å². The highest BCUT2D eigenvalue weighted by Crippen LogP contribution is 2.46. The third-order valence-electron chi connectivity index (χ3n) is 2.89. The molecule has 0 aromatic heterocycles. The first kappa shape index (κ1) is 12.7. The third kappa shape index (κ3) is 2.16. The average Bonchev–Trinajstić information content (AvgIpc) is 2.64. The summed E-state index contributed by atoms with van der Waals surface area (Å²) in [6, 6.07) is 4.01. The Morgan fingerprint density at radius 1 is 1.12 bits per heavy atom. The van der Waals surface area contributed by atoms with Gasteiger partial charge in [-0.1, -0.05) is 23.2 Å². The summed E-state index contributed by atoms with van der Waals surface area (Å²) < 4.78 is 39.6. The monoisotopic (exact) mass is 281 g/mol. The minimum Gasteiger partial charge on any atom is -0.296 e. The van der Waals surface area contributed by atoms with Crippen molar-refractivity contribution in [3.05, 3.63) is 33.8 Å². The SMILES string of the molecule is FC(F)(F)C1(c2cc(Cl)cc(Cl)c2)CC=NC1. The van der Waals surface area contributed by atoms with E-state index in [1.165, 1.54) is 24.4 Å². The smallest absolute Gasteiger partial charge is 0.296 e. The molecule has 1 aliphatic heterocycles. The Labute approximate surface area is 106 Å². The van der Waals surface area contributed by atoms with Crippen molar-refractivity contribution in [2.24, 2.45) is 4.99 Å². The van der Waals surface area contributed by atoms with Crippen LogP contribution in [-0.4, -0.2) is 18.9 Å². The van der Waals surface area contributed by atoms with Crippen molar-refractivity contribution in [3.63, 3.8) is 0 Å². The summed E-state index contributed by atoms with van der Waals surface area (Å²) in [4.78, 5) is 3.71. The molecule has 92 valence electrons. The van der Waals surface area contributed by atoms with Gasteiger partial charge in [0.05, 0.1) is 6.54 Å². The Morgan fingerprint density at radius 2 is 1.71 bits per heavy atom. The van der Waals surface area contributed by atoms with Gasteiger partial charge in [0.2, 0.25) is 0 Å². The van der Waals surface area contributed by atoms with Crippen LogP contribution in [0.25, 0.3) is 0 Å². The van der Waals surface area contributed by atoms with Crippen molar-refractivity contribution < 1.29 is 13.2 Å². The molecule has 2 rings (SSSR count). The van der Waals surface area contributed by atoms with Crippen LogP contribution in [0, 0.1) is 0 Å². The van der Waals surface area contributed by atoms with E-state index in [-0.39, 0.29) is 28.6 Å². The van der Waals surface area contributed by atoms with E-state index in [2.05, 4.69) is 4.99 Å². The van der Waals surface area contributed by atoms with E-state index < -0.39 is 11.6 Å². The van der Waals surface area contributed by atoms with Crippen LogP contribution in [0.5, 0.6) is 0 Å². The van der Waals surface area contributed by atoms with Gasteiger partial charge in [0.15, 0.2) is 0 Å². The molecule has 1 nitrogen and oxygen atoms in total. The fourth-order valence-corrected chi connectivity index (χ4v) is 2.44. The number of halogens is 5. The molecule has 1 unspecified atom stereocenters. The Morgan fingerprint density at radius 3 is 2.12 bits per heavy atom. The fourth-order valence-electron chi connectivity index (χ4n) is 1.91. The number of alkyl halides is 3. The predicted molar refractivity (Wildman–Crippen MR) is 62.2 cm³/mol. The van der Waals surface area contributed by atoms with Gasteiger partial charge in [0.25, 0.3) is 0 Å². The standard InChI is InChI=1S/C11H8Cl2F3N/c12-8-3-7(4-9(13)5-8)10(11(14,15)16)1-2-17-6-10/h2-5H,1,6H2. The number of hydrogen-bond acceptors (Lipinski definition) is 1. The van der Waals surface area contributed by atoms with Gasteiger partial charge in [0.1, 0.15) is 5.41 Å². The molecule has 1 atom stereocenters. The van der Waals surface area contributed by atoms with E-state index in [1.54, 1.807) is 0 Å². The summed E-state index contributed by atoms with van der Waals surface area (Å²) in [5.74, 6) is 0. The summed E-state index contributed by atoms with van der Waals surface area (Å²) in [7, 11) is 0. The lowest BCUT2D eigenvalue weighted by molar-refractivity contribution is -0.183. The minimum atomic E-state index is -4.38. The van der Waals surface area contributed by atoms with Gasteiger partial charge in [-0.2, -0.15) is 13.2 Å². The summed E-state index contributed by atoms with van der Waals surface area (Å²) in [5.41, 5.74) is -1.92. The van der Waals surface area contributed by atoms with Crippen molar-refractivity contribution in [2.75, 3.05) is 6.54 Å². The van der Waals surface area contributed by atoms with Crippen LogP contribution < -0.4 is 0 Å². The summed E-state index contributed by atoms with van der Waals surface area (Å²) in [5, 5.41) is 0.394. The van der Waals surface area contributed by atoms with E-state index in [4.69, 9.17) is 23.2 Å². The molecule has 0 amide bonds. The molecule has 0 spiro atoms. The molecular weight excluding hydrogens is 274 g/mol. The lowest BCUT2D eigenvalue weighted by Gasteiger charge is -2.31. The molecule has 0 bridgehead atoms. The summed E-state index contributed by atoms with van der Waals surface area (Å²) in [6.45, 7) is -0.312. The average molecular weight is 282 g/mol. The maximum Gasteiger partial charge on any atom is 0.400 e. The topological polar surface area (TPSA) is 12.4 Å². The highest BCUT2D eigenvalue weighted by Gasteiger charge is 2.56. The molecule has 6 heteroatoms. The molecule has 0 fully saturated rings. The highest BCUT2D eigenvalue weighted by atomic mass is 35.5. The lowest BCUT2D eigenvalue weighted by atomic mass is 9.78. The van der Waals surface area contributed by atoms with Crippen LogP contribution in [0.2, 0.25) is 10.0 Å². The quantitative estimate of drug-likeness (QED) is 0.729. The van der Waals surface area contributed by atoms with Crippen molar-refractivity contribution in [1.29, 1.82) is 0 Å². The zero-order valence-corrected chi connectivity index (χ0v) is 10.1. The molecule has 0 saturated carbocycles. The van der Waals surface area contributed by atoms with Crippen LogP contribution in [0.3, 0.4) is 0 Å².